The molecule has 1 amide bonds. The second-order valence-electron chi connectivity index (χ2n) is 5.42. The molecule has 1 saturated heterocycles. The zero-order valence-electron chi connectivity index (χ0n) is 11.6. The molecule has 0 radical (unpaired) electrons. The molecule has 0 N–H and O–H groups in total. The number of hydrogen-bond donors (Lipinski definition) is 0. The van der Waals surface area contributed by atoms with E-state index in [2.05, 4.69) is 17.1 Å². The smallest absolute Gasteiger partial charge is 0.253 e. The molecule has 0 aliphatic carbocycles. The quantitative estimate of drug-likeness (QED) is 0.840. The van der Waals surface area contributed by atoms with Gasteiger partial charge in [0.1, 0.15) is 12.7 Å². The van der Waals surface area contributed by atoms with Gasteiger partial charge in [-0.15, -0.1) is 10.2 Å². The van der Waals surface area contributed by atoms with Gasteiger partial charge >= 0.3 is 0 Å². The third-order valence-electron chi connectivity index (χ3n) is 3.75. The lowest BCUT2D eigenvalue weighted by atomic mass is 9.99. The number of hydrogen-bond acceptors (Lipinski definition) is 3. The number of piperidine rings is 1. The fourth-order valence-corrected chi connectivity index (χ4v) is 2.69. The van der Waals surface area contributed by atoms with Gasteiger partial charge in [-0.1, -0.05) is 13.0 Å². The fourth-order valence-electron chi connectivity index (χ4n) is 2.69. The van der Waals surface area contributed by atoms with E-state index in [4.69, 9.17) is 0 Å². The second kappa shape index (κ2) is 5.45. The molecule has 2 aromatic rings. The van der Waals surface area contributed by atoms with E-state index in [1.165, 1.54) is 6.42 Å². The van der Waals surface area contributed by atoms with Crippen molar-refractivity contribution in [2.45, 2.75) is 19.8 Å². The molecule has 0 spiro atoms. The van der Waals surface area contributed by atoms with E-state index in [9.17, 15) is 4.79 Å². The molecule has 104 valence electrons. The van der Waals surface area contributed by atoms with E-state index in [0.29, 0.717) is 5.92 Å². The van der Waals surface area contributed by atoms with Crippen LogP contribution in [-0.2, 0) is 0 Å². The van der Waals surface area contributed by atoms with Crippen molar-refractivity contribution in [3.63, 3.8) is 0 Å². The first-order chi connectivity index (χ1) is 9.74. The van der Waals surface area contributed by atoms with Crippen LogP contribution in [0, 0.1) is 5.92 Å². The number of carbonyl (C=O) groups is 1. The summed E-state index contributed by atoms with van der Waals surface area (Å²) in [6, 6.07) is 7.61. The van der Waals surface area contributed by atoms with Crippen molar-refractivity contribution in [2.24, 2.45) is 5.92 Å². The maximum absolute atomic E-state index is 12.6. The van der Waals surface area contributed by atoms with E-state index < -0.39 is 0 Å². The van der Waals surface area contributed by atoms with E-state index >= 15 is 0 Å². The van der Waals surface area contributed by atoms with Gasteiger partial charge in [0, 0.05) is 24.3 Å². The lowest BCUT2D eigenvalue weighted by molar-refractivity contribution is 0.0683. The van der Waals surface area contributed by atoms with Gasteiger partial charge in [-0.2, -0.15) is 0 Å². The number of rotatable bonds is 2. The van der Waals surface area contributed by atoms with Gasteiger partial charge in [0.05, 0.1) is 0 Å². The van der Waals surface area contributed by atoms with Gasteiger partial charge in [0.15, 0.2) is 0 Å². The Morgan fingerprint density at radius 3 is 2.85 bits per heavy atom. The normalized spacial score (nSPS) is 19.1. The van der Waals surface area contributed by atoms with Gasteiger partial charge < -0.3 is 4.90 Å². The zero-order valence-corrected chi connectivity index (χ0v) is 11.6. The Morgan fingerprint density at radius 1 is 1.30 bits per heavy atom. The van der Waals surface area contributed by atoms with Gasteiger partial charge in [-0.25, -0.2) is 0 Å². The molecule has 1 aromatic carbocycles. The number of amides is 1. The van der Waals surface area contributed by atoms with Crippen LogP contribution < -0.4 is 0 Å². The predicted molar refractivity (Wildman–Crippen MR) is 75.7 cm³/mol. The number of benzene rings is 1. The van der Waals surface area contributed by atoms with E-state index in [1.54, 1.807) is 17.2 Å². The summed E-state index contributed by atoms with van der Waals surface area (Å²) in [5, 5.41) is 7.58. The lowest BCUT2D eigenvalue weighted by Crippen LogP contribution is -2.39. The third-order valence-corrected chi connectivity index (χ3v) is 3.75. The highest BCUT2D eigenvalue weighted by Crippen LogP contribution is 2.19. The number of carbonyl (C=O) groups excluding carboxylic acids is 1. The minimum Gasteiger partial charge on any atom is -0.338 e. The summed E-state index contributed by atoms with van der Waals surface area (Å²) in [5.74, 6) is 0.709. The molecular formula is C15H18N4O. The van der Waals surface area contributed by atoms with Crippen molar-refractivity contribution in [1.82, 2.24) is 19.7 Å². The standard InChI is InChI=1S/C15H18N4O/c1-12-4-3-7-18(9-12)15(20)13-5-2-6-14(8-13)19-10-16-17-11-19/h2,5-6,8,10-12H,3-4,7,9H2,1H3/t12-/m1/s1. The largest absolute Gasteiger partial charge is 0.338 e. The molecule has 0 bridgehead atoms. The Kier molecular flexibility index (Phi) is 3.50. The first-order valence-electron chi connectivity index (χ1n) is 6.98. The van der Waals surface area contributed by atoms with Crippen LogP contribution in [0.2, 0.25) is 0 Å². The van der Waals surface area contributed by atoms with Crippen LogP contribution in [0.3, 0.4) is 0 Å². The van der Waals surface area contributed by atoms with E-state index in [-0.39, 0.29) is 5.91 Å². The molecule has 0 unspecified atom stereocenters. The molecule has 5 nitrogen and oxygen atoms in total. The van der Waals surface area contributed by atoms with Crippen LogP contribution in [0.15, 0.2) is 36.9 Å². The molecule has 5 heteroatoms. The van der Waals surface area contributed by atoms with E-state index in [0.717, 1.165) is 30.8 Å². The number of likely N-dealkylation sites (tertiary alicyclic amines) is 1. The Morgan fingerprint density at radius 2 is 2.10 bits per heavy atom. The maximum atomic E-state index is 12.6. The third kappa shape index (κ3) is 2.57. The second-order valence-corrected chi connectivity index (χ2v) is 5.42. The van der Waals surface area contributed by atoms with Crippen LogP contribution in [0.5, 0.6) is 0 Å². The van der Waals surface area contributed by atoms with Crippen molar-refractivity contribution in [3.05, 3.63) is 42.5 Å². The molecule has 1 fully saturated rings. The van der Waals surface area contributed by atoms with Crippen molar-refractivity contribution in [2.75, 3.05) is 13.1 Å². The molecule has 0 saturated carbocycles. The van der Waals surface area contributed by atoms with Crippen LogP contribution in [-0.4, -0.2) is 38.7 Å². The Hall–Kier alpha value is -2.17. The summed E-state index contributed by atoms with van der Waals surface area (Å²) in [6.45, 7) is 3.92. The highest BCUT2D eigenvalue weighted by molar-refractivity contribution is 5.94. The summed E-state index contributed by atoms with van der Waals surface area (Å²) in [7, 11) is 0. The summed E-state index contributed by atoms with van der Waals surface area (Å²) in [5.41, 5.74) is 1.64. The van der Waals surface area contributed by atoms with Crippen LogP contribution >= 0.6 is 0 Å². The highest BCUT2D eigenvalue weighted by atomic mass is 16.2. The first kappa shape index (κ1) is 12.8. The van der Waals surface area contributed by atoms with Crippen molar-refractivity contribution in [1.29, 1.82) is 0 Å². The summed E-state index contributed by atoms with van der Waals surface area (Å²) < 4.78 is 1.80. The number of aromatic nitrogens is 3. The fraction of sp³-hybridized carbons (Fsp3) is 0.400. The summed E-state index contributed by atoms with van der Waals surface area (Å²) in [4.78, 5) is 14.5. The minimum absolute atomic E-state index is 0.117. The van der Waals surface area contributed by atoms with Crippen molar-refractivity contribution < 1.29 is 4.79 Å². The monoisotopic (exact) mass is 270 g/mol. The average molecular weight is 270 g/mol. The molecule has 1 aliphatic rings. The van der Waals surface area contributed by atoms with Crippen molar-refractivity contribution in [3.8, 4) is 5.69 Å². The lowest BCUT2D eigenvalue weighted by Gasteiger charge is -2.31. The van der Waals surface area contributed by atoms with Gasteiger partial charge in [-0.05, 0) is 37.0 Å². The van der Waals surface area contributed by atoms with Crippen molar-refractivity contribution >= 4 is 5.91 Å². The summed E-state index contributed by atoms with van der Waals surface area (Å²) in [6.07, 6.45) is 5.57. The molecule has 1 atom stereocenters. The van der Waals surface area contributed by atoms with Gasteiger partial charge in [0.2, 0.25) is 0 Å². The molecular weight excluding hydrogens is 252 g/mol. The van der Waals surface area contributed by atoms with Crippen LogP contribution in [0.4, 0.5) is 0 Å². The molecule has 1 aromatic heterocycles. The average Bonchev–Trinajstić information content (AvgIpc) is 3.01. The van der Waals surface area contributed by atoms with E-state index in [1.807, 2.05) is 29.2 Å². The molecule has 20 heavy (non-hydrogen) atoms. The Labute approximate surface area is 118 Å². The van der Waals surface area contributed by atoms with Gasteiger partial charge in [-0.3, -0.25) is 9.36 Å². The topological polar surface area (TPSA) is 51.0 Å². The molecule has 1 aliphatic heterocycles. The predicted octanol–water partition coefficient (Wildman–Crippen LogP) is 2.14. The zero-order chi connectivity index (χ0) is 13.9. The highest BCUT2D eigenvalue weighted by Gasteiger charge is 2.22. The minimum atomic E-state index is 0.117. The summed E-state index contributed by atoms with van der Waals surface area (Å²) >= 11 is 0. The number of nitrogens with zero attached hydrogens (tertiary/aromatic N) is 4. The Bertz CT molecular complexity index is 594. The SMILES string of the molecule is C[C@@H]1CCCN(C(=O)c2cccc(-n3cnnc3)c2)C1. The van der Waals surface area contributed by atoms with Crippen LogP contribution in [0.1, 0.15) is 30.1 Å². The van der Waals surface area contributed by atoms with Gasteiger partial charge in [0.25, 0.3) is 5.91 Å². The first-order valence-corrected chi connectivity index (χ1v) is 6.98. The molecule has 3 rings (SSSR count). The molecule has 2 heterocycles. The van der Waals surface area contributed by atoms with Crippen LogP contribution in [0.25, 0.3) is 5.69 Å². The maximum Gasteiger partial charge on any atom is 0.253 e. The Balaban J connectivity index is 1.83.